The Morgan fingerprint density at radius 3 is 2.58 bits per heavy atom. The van der Waals surface area contributed by atoms with E-state index in [1.54, 1.807) is 0 Å². The van der Waals surface area contributed by atoms with Crippen molar-refractivity contribution >= 4 is 17.6 Å². The van der Waals surface area contributed by atoms with E-state index in [0.717, 1.165) is 17.7 Å². The topological polar surface area (TPSA) is 46.5 Å². The minimum atomic E-state index is -1.37. The van der Waals surface area contributed by atoms with Crippen molar-refractivity contribution in [1.82, 2.24) is 0 Å². The molecule has 0 aliphatic heterocycles. The van der Waals surface area contributed by atoms with Crippen LogP contribution in [0, 0.1) is 5.82 Å². The minimum Gasteiger partial charge on any atom is -0.487 e. The molecule has 0 spiro atoms. The summed E-state index contributed by atoms with van der Waals surface area (Å²) in [6.45, 7) is 0.229. The molecule has 0 aliphatic carbocycles. The summed E-state index contributed by atoms with van der Waals surface area (Å²) in [5.74, 6) is -2.12. The van der Waals surface area contributed by atoms with Crippen LogP contribution >= 0.6 is 11.6 Å². The standard InChI is InChI=1S/C14H10ClFO3/c15-11-6-10(14(17)18)12(16)7-13(11)19-8-9-4-2-1-3-5-9/h1-7H,8H2,(H,17,18). The maximum atomic E-state index is 13.5. The predicted molar refractivity (Wildman–Crippen MR) is 69.1 cm³/mol. The highest BCUT2D eigenvalue weighted by molar-refractivity contribution is 6.32. The Morgan fingerprint density at radius 2 is 1.95 bits per heavy atom. The molecule has 1 N–H and O–H groups in total. The third kappa shape index (κ3) is 3.23. The summed E-state index contributed by atoms with van der Waals surface area (Å²) in [6, 6.07) is 11.3. The molecule has 0 saturated carbocycles. The van der Waals surface area contributed by atoms with E-state index in [1.807, 2.05) is 30.3 Å². The first kappa shape index (κ1) is 13.4. The zero-order valence-corrected chi connectivity index (χ0v) is 10.5. The maximum Gasteiger partial charge on any atom is 0.338 e. The number of carboxylic acid groups (broad SMARTS) is 1. The van der Waals surface area contributed by atoms with Gasteiger partial charge in [0, 0.05) is 6.07 Å². The molecule has 5 heteroatoms. The Bertz CT molecular complexity index is 599. The van der Waals surface area contributed by atoms with Gasteiger partial charge in [0.2, 0.25) is 0 Å². The summed E-state index contributed by atoms with van der Waals surface area (Å²) in [6.07, 6.45) is 0. The maximum absolute atomic E-state index is 13.5. The molecule has 0 unspecified atom stereocenters. The molecular weight excluding hydrogens is 271 g/mol. The molecule has 98 valence electrons. The van der Waals surface area contributed by atoms with Crippen LogP contribution in [-0.4, -0.2) is 11.1 Å². The van der Waals surface area contributed by atoms with Crippen LogP contribution in [0.2, 0.25) is 5.02 Å². The van der Waals surface area contributed by atoms with Crippen LogP contribution in [0.25, 0.3) is 0 Å². The molecule has 0 fully saturated rings. The fraction of sp³-hybridized carbons (Fsp3) is 0.0714. The van der Waals surface area contributed by atoms with E-state index >= 15 is 0 Å². The molecule has 0 heterocycles. The van der Waals surface area contributed by atoms with E-state index in [-0.39, 0.29) is 17.4 Å². The van der Waals surface area contributed by atoms with Crippen LogP contribution in [0.4, 0.5) is 4.39 Å². The summed E-state index contributed by atoms with van der Waals surface area (Å²) < 4.78 is 18.9. The van der Waals surface area contributed by atoms with Crippen molar-refractivity contribution in [3.63, 3.8) is 0 Å². The first-order valence-corrected chi connectivity index (χ1v) is 5.85. The SMILES string of the molecule is O=C(O)c1cc(Cl)c(OCc2ccccc2)cc1F. The fourth-order valence-electron chi connectivity index (χ4n) is 1.54. The Kier molecular flexibility index (Phi) is 4.02. The first-order chi connectivity index (χ1) is 9.08. The highest BCUT2D eigenvalue weighted by Gasteiger charge is 2.15. The lowest BCUT2D eigenvalue weighted by molar-refractivity contribution is 0.0692. The Labute approximate surface area is 114 Å². The Morgan fingerprint density at radius 1 is 1.26 bits per heavy atom. The fourth-order valence-corrected chi connectivity index (χ4v) is 1.76. The van der Waals surface area contributed by atoms with Crippen molar-refractivity contribution in [3.8, 4) is 5.75 Å². The van der Waals surface area contributed by atoms with Gasteiger partial charge in [0.15, 0.2) is 0 Å². The first-order valence-electron chi connectivity index (χ1n) is 5.47. The van der Waals surface area contributed by atoms with Gasteiger partial charge in [0.05, 0.1) is 10.6 Å². The summed E-state index contributed by atoms with van der Waals surface area (Å²) >= 11 is 5.86. The van der Waals surface area contributed by atoms with Crippen LogP contribution in [0.3, 0.4) is 0 Å². The summed E-state index contributed by atoms with van der Waals surface area (Å²) in [7, 11) is 0. The van der Waals surface area contributed by atoms with E-state index < -0.39 is 17.3 Å². The zero-order chi connectivity index (χ0) is 13.8. The third-order valence-corrected chi connectivity index (χ3v) is 2.78. The smallest absolute Gasteiger partial charge is 0.338 e. The minimum absolute atomic E-state index is 0.0646. The van der Waals surface area contributed by atoms with Crippen LogP contribution in [-0.2, 0) is 6.61 Å². The second-order valence-electron chi connectivity index (χ2n) is 3.84. The highest BCUT2D eigenvalue weighted by Crippen LogP contribution is 2.28. The third-order valence-electron chi connectivity index (χ3n) is 2.49. The summed E-state index contributed by atoms with van der Waals surface area (Å²) in [5, 5.41) is 8.81. The molecule has 0 aliphatic rings. The molecule has 2 aromatic carbocycles. The number of rotatable bonds is 4. The Balaban J connectivity index is 2.17. The van der Waals surface area contributed by atoms with Crippen molar-refractivity contribution in [1.29, 1.82) is 0 Å². The molecule has 0 radical (unpaired) electrons. The number of benzene rings is 2. The molecule has 2 rings (SSSR count). The van der Waals surface area contributed by atoms with Gasteiger partial charge in [0.25, 0.3) is 0 Å². The second-order valence-corrected chi connectivity index (χ2v) is 4.25. The average molecular weight is 281 g/mol. The number of hydrogen-bond acceptors (Lipinski definition) is 2. The van der Waals surface area contributed by atoms with Crippen molar-refractivity contribution in [3.05, 3.63) is 64.4 Å². The number of ether oxygens (including phenoxy) is 1. The van der Waals surface area contributed by atoms with E-state index in [9.17, 15) is 9.18 Å². The van der Waals surface area contributed by atoms with Crippen molar-refractivity contribution < 1.29 is 19.0 Å². The molecule has 0 atom stereocenters. The molecular formula is C14H10ClFO3. The van der Waals surface area contributed by atoms with Crippen LogP contribution in [0.15, 0.2) is 42.5 Å². The van der Waals surface area contributed by atoms with Crippen LogP contribution in [0.1, 0.15) is 15.9 Å². The van der Waals surface area contributed by atoms with Crippen LogP contribution < -0.4 is 4.74 Å². The van der Waals surface area contributed by atoms with Gasteiger partial charge in [-0.1, -0.05) is 41.9 Å². The molecule has 0 aromatic heterocycles. The number of carbonyl (C=O) groups is 1. The van der Waals surface area contributed by atoms with Crippen LogP contribution in [0.5, 0.6) is 5.75 Å². The van der Waals surface area contributed by atoms with E-state index in [0.29, 0.717) is 0 Å². The average Bonchev–Trinajstić information content (AvgIpc) is 2.40. The number of carboxylic acids is 1. The lowest BCUT2D eigenvalue weighted by atomic mass is 10.2. The van der Waals surface area contributed by atoms with Gasteiger partial charge in [-0.2, -0.15) is 0 Å². The predicted octanol–water partition coefficient (Wildman–Crippen LogP) is 3.76. The molecule has 0 amide bonds. The van der Waals surface area contributed by atoms with E-state index in [2.05, 4.69) is 0 Å². The van der Waals surface area contributed by atoms with E-state index in [1.165, 1.54) is 0 Å². The van der Waals surface area contributed by atoms with E-state index in [4.69, 9.17) is 21.4 Å². The zero-order valence-electron chi connectivity index (χ0n) is 9.77. The normalized spacial score (nSPS) is 10.2. The highest BCUT2D eigenvalue weighted by atomic mass is 35.5. The molecule has 19 heavy (non-hydrogen) atoms. The summed E-state index contributed by atoms with van der Waals surface area (Å²) in [4.78, 5) is 10.7. The lowest BCUT2D eigenvalue weighted by Gasteiger charge is -2.09. The molecule has 0 saturated heterocycles. The van der Waals surface area contributed by atoms with Gasteiger partial charge < -0.3 is 9.84 Å². The Hall–Kier alpha value is -2.07. The second kappa shape index (κ2) is 5.71. The number of hydrogen-bond donors (Lipinski definition) is 1. The number of halogens is 2. The molecule has 3 nitrogen and oxygen atoms in total. The van der Waals surface area contributed by atoms with Crippen molar-refractivity contribution in [2.24, 2.45) is 0 Å². The van der Waals surface area contributed by atoms with Crippen molar-refractivity contribution in [2.75, 3.05) is 0 Å². The van der Waals surface area contributed by atoms with Gasteiger partial charge in [0.1, 0.15) is 18.2 Å². The van der Waals surface area contributed by atoms with Gasteiger partial charge >= 0.3 is 5.97 Å². The number of aromatic carboxylic acids is 1. The molecule has 2 aromatic rings. The van der Waals surface area contributed by atoms with Gasteiger partial charge in [-0.15, -0.1) is 0 Å². The van der Waals surface area contributed by atoms with Gasteiger partial charge in [-0.05, 0) is 11.6 Å². The quantitative estimate of drug-likeness (QED) is 0.927. The summed E-state index contributed by atoms with van der Waals surface area (Å²) in [5.41, 5.74) is 0.429. The largest absolute Gasteiger partial charge is 0.487 e. The molecule has 0 bridgehead atoms. The van der Waals surface area contributed by atoms with Gasteiger partial charge in [-0.25, -0.2) is 9.18 Å². The monoisotopic (exact) mass is 280 g/mol. The van der Waals surface area contributed by atoms with Gasteiger partial charge in [-0.3, -0.25) is 0 Å². The van der Waals surface area contributed by atoms with Crippen molar-refractivity contribution in [2.45, 2.75) is 6.61 Å². The lowest BCUT2D eigenvalue weighted by Crippen LogP contribution is -2.02.